The van der Waals surface area contributed by atoms with E-state index in [9.17, 15) is 18.3 Å². The van der Waals surface area contributed by atoms with Gasteiger partial charge in [0, 0.05) is 17.5 Å². The van der Waals surface area contributed by atoms with Crippen LogP contribution >= 0.6 is 0 Å². The van der Waals surface area contributed by atoms with Crippen LogP contribution in [-0.4, -0.2) is 10.1 Å². The number of aliphatic hydroxyl groups is 1. The molecule has 0 amide bonds. The van der Waals surface area contributed by atoms with Gasteiger partial charge < -0.3 is 5.11 Å². The number of aromatic nitrogens is 1. The van der Waals surface area contributed by atoms with Crippen LogP contribution < -0.4 is 0 Å². The lowest BCUT2D eigenvalue weighted by Crippen LogP contribution is -2.09. The molecule has 2 aromatic rings. The quantitative estimate of drug-likeness (QED) is 0.908. The molecule has 0 spiro atoms. The highest BCUT2D eigenvalue weighted by Crippen LogP contribution is 2.33. The van der Waals surface area contributed by atoms with Gasteiger partial charge in [0.25, 0.3) is 0 Å². The topological polar surface area (TPSA) is 33.1 Å². The molecule has 0 aliphatic rings. The molecule has 5 heteroatoms. The van der Waals surface area contributed by atoms with E-state index in [-0.39, 0.29) is 0 Å². The normalized spacial score (nSPS) is 13.3. The van der Waals surface area contributed by atoms with Crippen LogP contribution in [0.2, 0.25) is 0 Å². The number of pyridine rings is 1. The molecule has 1 N–H and O–H groups in total. The van der Waals surface area contributed by atoms with Crippen molar-refractivity contribution < 1.29 is 18.3 Å². The van der Waals surface area contributed by atoms with Crippen LogP contribution in [0.25, 0.3) is 0 Å². The van der Waals surface area contributed by atoms with Gasteiger partial charge in [-0.1, -0.05) is 12.1 Å². The molecule has 0 fully saturated rings. The second-order valence-corrected chi connectivity index (χ2v) is 4.65. The number of benzene rings is 1. The molecule has 0 aliphatic heterocycles. The van der Waals surface area contributed by atoms with E-state index in [0.717, 1.165) is 12.1 Å². The summed E-state index contributed by atoms with van der Waals surface area (Å²) in [6.45, 7) is 3.30. The zero-order valence-electron chi connectivity index (χ0n) is 11.1. The third-order valence-corrected chi connectivity index (χ3v) is 3.23. The van der Waals surface area contributed by atoms with Crippen LogP contribution in [0.4, 0.5) is 13.2 Å². The SMILES string of the molecule is Cc1cc(C(F)(F)F)ccc1C(O)c1cccnc1C. The number of alkyl halides is 3. The highest BCUT2D eigenvalue weighted by Gasteiger charge is 2.31. The monoisotopic (exact) mass is 281 g/mol. The molecule has 1 aromatic carbocycles. The van der Waals surface area contributed by atoms with Gasteiger partial charge in [-0.15, -0.1) is 0 Å². The van der Waals surface area contributed by atoms with Crippen molar-refractivity contribution in [3.63, 3.8) is 0 Å². The third-order valence-electron chi connectivity index (χ3n) is 3.23. The molecule has 0 aliphatic carbocycles. The standard InChI is InChI=1S/C15H14F3NO/c1-9-8-11(15(16,17)18)5-6-12(9)14(20)13-4-3-7-19-10(13)2/h3-8,14,20H,1-2H3. The summed E-state index contributed by atoms with van der Waals surface area (Å²) in [4.78, 5) is 4.07. The lowest BCUT2D eigenvalue weighted by molar-refractivity contribution is -0.137. The molecular weight excluding hydrogens is 267 g/mol. The Morgan fingerprint density at radius 2 is 1.80 bits per heavy atom. The summed E-state index contributed by atoms with van der Waals surface area (Å²) in [5.41, 5.74) is 1.38. The van der Waals surface area contributed by atoms with Gasteiger partial charge in [0.15, 0.2) is 0 Å². The molecule has 1 atom stereocenters. The Hall–Kier alpha value is -1.88. The van der Waals surface area contributed by atoms with E-state index < -0.39 is 17.8 Å². The minimum atomic E-state index is -4.38. The number of hydrogen-bond acceptors (Lipinski definition) is 2. The number of rotatable bonds is 2. The molecule has 2 rings (SSSR count). The lowest BCUT2D eigenvalue weighted by Gasteiger charge is -2.17. The summed E-state index contributed by atoms with van der Waals surface area (Å²) in [6, 6.07) is 6.74. The van der Waals surface area contributed by atoms with Crippen LogP contribution in [0.3, 0.4) is 0 Å². The molecule has 0 bridgehead atoms. The van der Waals surface area contributed by atoms with Crippen molar-refractivity contribution in [3.05, 3.63) is 64.5 Å². The molecular formula is C15H14F3NO. The highest BCUT2D eigenvalue weighted by atomic mass is 19.4. The van der Waals surface area contributed by atoms with Gasteiger partial charge in [0.1, 0.15) is 6.10 Å². The van der Waals surface area contributed by atoms with Crippen LogP contribution in [-0.2, 0) is 6.18 Å². The van der Waals surface area contributed by atoms with Gasteiger partial charge in [-0.3, -0.25) is 4.98 Å². The first-order chi connectivity index (χ1) is 9.30. The van der Waals surface area contributed by atoms with Crippen LogP contribution in [0, 0.1) is 13.8 Å². The lowest BCUT2D eigenvalue weighted by atomic mass is 9.95. The number of halogens is 3. The number of hydrogen-bond donors (Lipinski definition) is 1. The van der Waals surface area contributed by atoms with E-state index in [4.69, 9.17) is 0 Å². The first kappa shape index (κ1) is 14.5. The Morgan fingerprint density at radius 3 is 2.35 bits per heavy atom. The average molecular weight is 281 g/mol. The van der Waals surface area contributed by atoms with E-state index in [0.29, 0.717) is 22.4 Å². The number of aliphatic hydroxyl groups excluding tert-OH is 1. The van der Waals surface area contributed by atoms with Crippen molar-refractivity contribution in [2.45, 2.75) is 26.1 Å². The van der Waals surface area contributed by atoms with E-state index in [1.165, 1.54) is 6.07 Å². The minimum Gasteiger partial charge on any atom is -0.384 e. The first-order valence-electron chi connectivity index (χ1n) is 6.08. The van der Waals surface area contributed by atoms with E-state index in [1.807, 2.05) is 0 Å². The fourth-order valence-corrected chi connectivity index (χ4v) is 2.11. The van der Waals surface area contributed by atoms with Crippen LogP contribution in [0.15, 0.2) is 36.5 Å². The smallest absolute Gasteiger partial charge is 0.384 e. The molecule has 1 heterocycles. The molecule has 0 radical (unpaired) electrons. The molecule has 2 nitrogen and oxygen atoms in total. The van der Waals surface area contributed by atoms with Crippen molar-refractivity contribution in [3.8, 4) is 0 Å². The van der Waals surface area contributed by atoms with Crippen molar-refractivity contribution in [2.75, 3.05) is 0 Å². The predicted molar refractivity (Wildman–Crippen MR) is 69.2 cm³/mol. The summed E-state index contributed by atoms with van der Waals surface area (Å²) in [7, 11) is 0. The van der Waals surface area contributed by atoms with Gasteiger partial charge >= 0.3 is 6.18 Å². The van der Waals surface area contributed by atoms with Crippen molar-refractivity contribution in [1.82, 2.24) is 4.98 Å². The fourth-order valence-electron chi connectivity index (χ4n) is 2.11. The molecule has 0 saturated carbocycles. The maximum absolute atomic E-state index is 12.6. The maximum atomic E-state index is 12.6. The predicted octanol–water partition coefficient (Wildman–Crippen LogP) is 3.80. The summed E-state index contributed by atoms with van der Waals surface area (Å²) < 4.78 is 37.8. The Labute approximate surface area is 114 Å². The number of nitrogens with zero attached hydrogens (tertiary/aromatic N) is 1. The Bertz CT molecular complexity index is 623. The van der Waals surface area contributed by atoms with E-state index in [2.05, 4.69) is 4.98 Å². The van der Waals surface area contributed by atoms with Gasteiger partial charge in [-0.2, -0.15) is 13.2 Å². The largest absolute Gasteiger partial charge is 0.416 e. The van der Waals surface area contributed by atoms with Gasteiger partial charge in [-0.05, 0) is 43.2 Å². The third kappa shape index (κ3) is 2.82. The van der Waals surface area contributed by atoms with Gasteiger partial charge in [-0.25, -0.2) is 0 Å². The van der Waals surface area contributed by atoms with E-state index in [1.54, 1.807) is 32.2 Å². The maximum Gasteiger partial charge on any atom is 0.416 e. The number of aryl methyl sites for hydroxylation is 2. The van der Waals surface area contributed by atoms with Crippen LogP contribution in [0.5, 0.6) is 0 Å². The summed E-state index contributed by atoms with van der Waals surface area (Å²) in [6.07, 6.45) is -3.75. The summed E-state index contributed by atoms with van der Waals surface area (Å²) in [5.74, 6) is 0. The Kier molecular flexibility index (Phi) is 3.81. The molecule has 1 aromatic heterocycles. The zero-order valence-corrected chi connectivity index (χ0v) is 11.1. The molecule has 106 valence electrons. The first-order valence-corrected chi connectivity index (χ1v) is 6.08. The molecule has 20 heavy (non-hydrogen) atoms. The summed E-state index contributed by atoms with van der Waals surface area (Å²) >= 11 is 0. The van der Waals surface area contributed by atoms with E-state index >= 15 is 0 Å². The Morgan fingerprint density at radius 1 is 1.10 bits per heavy atom. The Balaban J connectivity index is 2.42. The molecule has 0 saturated heterocycles. The van der Waals surface area contributed by atoms with Crippen LogP contribution in [0.1, 0.15) is 34.1 Å². The second kappa shape index (κ2) is 5.25. The summed E-state index contributed by atoms with van der Waals surface area (Å²) in [5, 5.41) is 10.3. The zero-order chi connectivity index (χ0) is 14.9. The van der Waals surface area contributed by atoms with Crippen molar-refractivity contribution in [1.29, 1.82) is 0 Å². The fraction of sp³-hybridized carbons (Fsp3) is 0.267. The van der Waals surface area contributed by atoms with Crippen molar-refractivity contribution in [2.24, 2.45) is 0 Å². The minimum absolute atomic E-state index is 0.399. The van der Waals surface area contributed by atoms with Gasteiger partial charge in [0.05, 0.1) is 5.56 Å². The average Bonchev–Trinajstić information content (AvgIpc) is 2.37. The molecule has 1 unspecified atom stereocenters. The second-order valence-electron chi connectivity index (χ2n) is 4.65. The highest BCUT2D eigenvalue weighted by molar-refractivity contribution is 5.39. The van der Waals surface area contributed by atoms with Gasteiger partial charge in [0.2, 0.25) is 0 Å². The van der Waals surface area contributed by atoms with Crippen molar-refractivity contribution >= 4 is 0 Å².